The summed E-state index contributed by atoms with van der Waals surface area (Å²) in [4.78, 5) is 28.6. The molecule has 3 rings (SSSR count). The van der Waals surface area contributed by atoms with Crippen molar-refractivity contribution in [2.24, 2.45) is 0 Å². The lowest BCUT2D eigenvalue weighted by atomic mass is 10.1. The molecule has 0 unspecified atom stereocenters. The van der Waals surface area contributed by atoms with Crippen LogP contribution in [0.25, 0.3) is 0 Å². The number of ether oxygens (including phenoxy) is 1. The molecule has 3 aromatic carbocycles. The van der Waals surface area contributed by atoms with Gasteiger partial charge in [0.25, 0.3) is 10.0 Å². The molecule has 41 heavy (non-hydrogen) atoms. The average molecular weight is 621 g/mol. The molecule has 11 heteroatoms. The molecule has 0 heterocycles. The Bertz CT molecular complexity index is 1480. The summed E-state index contributed by atoms with van der Waals surface area (Å²) in [6.07, 6.45) is 0.700. The van der Waals surface area contributed by atoms with Crippen molar-refractivity contribution in [3.8, 4) is 5.75 Å². The van der Waals surface area contributed by atoms with Crippen molar-refractivity contribution in [2.45, 2.75) is 57.6 Å². The number of aryl methyl sites for hydroxylation is 1. The Morgan fingerprint density at radius 3 is 2.29 bits per heavy atom. The van der Waals surface area contributed by atoms with Gasteiger partial charge in [-0.3, -0.25) is 13.9 Å². The van der Waals surface area contributed by atoms with Crippen LogP contribution in [0.3, 0.4) is 0 Å². The van der Waals surface area contributed by atoms with Crippen molar-refractivity contribution in [3.05, 3.63) is 87.9 Å². The molecule has 0 spiro atoms. The summed E-state index contributed by atoms with van der Waals surface area (Å²) in [5, 5.41) is 3.64. The van der Waals surface area contributed by atoms with Crippen molar-refractivity contribution in [3.63, 3.8) is 0 Å². The van der Waals surface area contributed by atoms with E-state index in [-0.39, 0.29) is 34.8 Å². The summed E-state index contributed by atoms with van der Waals surface area (Å²) in [7, 11) is -2.80. The first-order valence-electron chi connectivity index (χ1n) is 13.1. The monoisotopic (exact) mass is 619 g/mol. The maximum Gasteiger partial charge on any atom is 0.264 e. The normalized spacial score (nSPS) is 12.8. The van der Waals surface area contributed by atoms with E-state index in [0.717, 1.165) is 9.87 Å². The fourth-order valence-corrected chi connectivity index (χ4v) is 6.02. The SMILES string of the molecule is CC[C@@H](C)NC(=O)[C@@H](C)N(Cc1ccc(Cl)cc1Cl)C(=O)CN(c1cc(C)ccc1OC)S(=O)(=O)c1ccccc1. The predicted octanol–water partition coefficient (Wildman–Crippen LogP) is 5.84. The first-order valence-corrected chi connectivity index (χ1v) is 15.3. The molecule has 0 saturated heterocycles. The van der Waals surface area contributed by atoms with E-state index < -0.39 is 28.5 Å². The van der Waals surface area contributed by atoms with E-state index in [2.05, 4.69) is 5.32 Å². The van der Waals surface area contributed by atoms with E-state index in [4.69, 9.17) is 27.9 Å². The number of benzene rings is 3. The number of amides is 2. The number of sulfonamides is 1. The van der Waals surface area contributed by atoms with Crippen molar-refractivity contribution in [2.75, 3.05) is 18.0 Å². The first-order chi connectivity index (χ1) is 19.4. The highest BCUT2D eigenvalue weighted by Crippen LogP contribution is 2.34. The van der Waals surface area contributed by atoms with Gasteiger partial charge in [-0.1, -0.05) is 60.5 Å². The van der Waals surface area contributed by atoms with Gasteiger partial charge in [0.05, 0.1) is 17.7 Å². The number of methoxy groups -OCH3 is 1. The molecule has 0 aliphatic rings. The molecule has 0 saturated carbocycles. The van der Waals surface area contributed by atoms with Crippen LogP contribution >= 0.6 is 23.2 Å². The Kier molecular flexibility index (Phi) is 11.1. The van der Waals surface area contributed by atoms with Gasteiger partial charge in [-0.2, -0.15) is 0 Å². The second kappa shape index (κ2) is 14.1. The van der Waals surface area contributed by atoms with Gasteiger partial charge in [0.15, 0.2) is 0 Å². The average Bonchev–Trinajstić information content (AvgIpc) is 2.95. The van der Waals surface area contributed by atoms with Gasteiger partial charge < -0.3 is 15.0 Å². The molecule has 0 fully saturated rings. The lowest BCUT2D eigenvalue weighted by Gasteiger charge is -2.33. The summed E-state index contributed by atoms with van der Waals surface area (Å²) >= 11 is 12.5. The lowest BCUT2D eigenvalue weighted by Crippen LogP contribution is -2.52. The molecular weight excluding hydrogens is 585 g/mol. The van der Waals surface area contributed by atoms with Crippen LogP contribution in [-0.2, 0) is 26.2 Å². The number of carbonyl (C=O) groups excluding carboxylic acids is 2. The minimum absolute atomic E-state index is 0.00576. The largest absolute Gasteiger partial charge is 0.495 e. The zero-order chi connectivity index (χ0) is 30.3. The first kappa shape index (κ1) is 32.2. The van der Waals surface area contributed by atoms with Gasteiger partial charge in [-0.05, 0) is 74.7 Å². The van der Waals surface area contributed by atoms with Crippen molar-refractivity contribution in [1.29, 1.82) is 0 Å². The molecule has 0 bridgehead atoms. The molecule has 0 aliphatic heterocycles. The number of rotatable bonds is 12. The molecule has 0 radical (unpaired) electrons. The molecule has 2 atom stereocenters. The van der Waals surface area contributed by atoms with Gasteiger partial charge >= 0.3 is 0 Å². The summed E-state index contributed by atoms with van der Waals surface area (Å²) in [6.45, 7) is 6.58. The minimum Gasteiger partial charge on any atom is -0.495 e. The molecule has 8 nitrogen and oxygen atoms in total. The third-order valence-electron chi connectivity index (χ3n) is 6.74. The van der Waals surface area contributed by atoms with E-state index in [1.807, 2.05) is 20.8 Å². The number of hydrogen-bond donors (Lipinski definition) is 1. The second-order valence-corrected chi connectivity index (χ2v) is 12.5. The Morgan fingerprint density at radius 1 is 1.00 bits per heavy atom. The summed E-state index contributed by atoms with van der Waals surface area (Å²) in [5.41, 5.74) is 1.52. The van der Waals surface area contributed by atoms with Gasteiger partial charge in [0.1, 0.15) is 18.3 Å². The molecular formula is C30H35Cl2N3O5S. The van der Waals surface area contributed by atoms with E-state index in [0.29, 0.717) is 22.0 Å². The Hall–Kier alpha value is -3.27. The van der Waals surface area contributed by atoms with E-state index in [9.17, 15) is 18.0 Å². The van der Waals surface area contributed by atoms with Crippen molar-refractivity contribution >= 4 is 50.7 Å². The number of anilines is 1. The van der Waals surface area contributed by atoms with Gasteiger partial charge in [0, 0.05) is 22.6 Å². The fraction of sp³-hybridized carbons (Fsp3) is 0.333. The molecule has 220 valence electrons. The topological polar surface area (TPSA) is 96.0 Å². The highest BCUT2D eigenvalue weighted by atomic mass is 35.5. The molecule has 0 aliphatic carbocycles. The number of halogens is 2. The summed E-state index contributed by atoms with van der Waals surface area (Å²) in [5.74, 6) is -0.702. The maximum absolute atomic E-state index is 14.1. The standard InChI is InChI=1S/C30H35Cl2N3O5S/c1-6-21(3)33-30(37)22(4)34(18-23-13-14-24(31)17-26(23)32)29(36)19-35(27-16-20(2)12-15-28(27)40-5)41(38,39)25-10-8-7-9-11-25/h7-17,21-22H,6,18-19H2,1-5H3,(H,33,37)/t21-,22-/m1/s1. The fourth-order valence-electron chi connectivity index (χ4n) is 4.11. The lowest BCUT2D eigenvalue weighted by molar-refractivity contribution is -0.139. The number of nitrogens with one attached hydrogen (secondary N) is 1. The van der Waals surface area contributed by atoms with Crippen LogP contribution in [0.1, 0.15) is 38.3 Å². The van der Waals surface area contributed by atoms with Crippen LogP contribution in [0, 0.1) is 6.92 Å². The van der Waals surface area contributed by atoms with Crippen LogP contribution in [0.5, 0.6) is 5.75 Å². The molecule has 1 N–H and O–H groups in total. The zero-order valence-corrected chi connectivity index (χ0v) is 26.1. The predicted molar refractivity (Wildman–Crippen MR) is 163 cm³/mol. The van der Waals surface area contributed by atoms with E-state index in [1.165, 1.54) is 24.1 Å². The Labute approximate surface area is 252 Å². The molecule has 2 amide bonds. The smallest absolute Gasteiger partial charge is 0.264 e. The van der Waals surface area contributed by atoms with Gasteiger partial charge in [0.2, 0.25) is 11.8 Å². The van der Waals surface area contributed by atoms with Crippen LogP contribution in [0.2, 0.25) is 10.0 Å². The van der Waals surface area contributed by atoms with Crippen molar-refractivity contribution in [1.82, 2.24) is 10.2 Å². The molecule has 3 aromatic rings. The highest BCUT2D eigenvalue weighted by molar-refractivity contribution is 7.92. The third kappa shape index (κ3) is 7.93. The zero-order valence-electron chi connectivity index (χ0n) is 23.7. The molecule has 0 aromatic heterocycles. The van der Waals surface area contributed by atoms with Crippen LogP contribution < -0.4 is 14.4 Å². The van der Waals surface area contributed by atoms with E-state index >= 15 is 0 Å². The van der Waals surface area contributed by atoms with Gasteiger partial charge in [-0.15, -0.1) is 0 Å². The number of hydrogen-bond acceptors (Lipinski definition) is 5. The van der Waals surface area contributed by atoms with E-state index in [1.54, 1.807) is 61.5 Å². The van der Waals surface area contributed by atoms with Crippen LogP contribution in [-0.4, -0.2) is 50.9 Å². The minimum atomic E-state index is -4.23. The quantitative estimate of drug-likeness (QED) is 0.275. The van der Waals surface area contributed by atoms with Crippen molar-refractivity contribution < 1.29 is 22.7 Å². The van der Waals surface area contributed by atoms with Crippen LogP contribution in [0.4, 0.5) is 5.69 Å². The highest BCUT2D eigenvalue weighted by Gasteiger charge is 2.34. The maximum atomic E-state index is 14.1. The third-order valence-corrected chi connectivity index (χ3v) is 9.10. The number of nitrogens with zero attached hydrogens (tertiary/aromatic N) is 2. The second-order valence-electron chi connectivity index (χ2n) is 9.75. The van der Waals surface area contributed by atoms with Gasteiger partial charge in [-0.25, -0.2) is 8.42 Å². The Morgan fingerprint density at radius 2 is 1.68 bits per heavy atom. The summed E-state index contributed by atoms with van der Waals surface area (Å²) in [6, 6.07) is 16.7. The summed E-state index contributed by atoms with van der Waals surface area (Å²) < 4.78 is 34.5. The van der Waals surface area contributed by atoms with Crippen LogP contribution in [0.15, 0.2) is 71.6 Å². The Balaban J connectivity index is 2.10. The number of carbonyl (C=O) groups is 2.